The number of carbonyl (C=O) groups is 1. The third kappa shape index (κ3) is 3.81. The number of benzene rings is 1. The first-order chi connectivity index (χ1) is 11.3. The van der Waals surface area contributed by atoms with Gasteiger partial charge in [0.2, 0.25) is 0 Å². The molecule has 0 unspecified atom stereocenters. The summed E-state index contributed by atoms with van der Waals surface area (Å²) in [6.07, 6.45) is 8.79. The molecule has 0 saturated heterocycles. The van der Waals surface area contributed by atoms with E-state index in [1.807, 2.05) is 33.8 Å². The molecule has 0 amide bonds. The maximum atomic E-state index is 11.8. The Kier molecular flexibility index (Phi) is 5.37. The average Bonchev–Trinajstić information content (AvgIpc) is 2.46. The Morgan fingerprint density at radius 2 is 2.08 bits per heavy atom. The summed E-state index contributed by atoms with van der Waals surface area (Å²) in [7, 11) is 0. The van der Waals surface area contributed by atoms with Crippen molar-refractivity contribution in [2.24, 2.45) is 0 Å². The number of ether oxygens (including phenoxy) is 1. The van der Waals surface area contributed by atoms with Crippen molar-refractivity contribution in [3.05, 3.63) is 40.5 Å². The Hall–Kier alpha value is -2.23. The lowest BCUT2D eigenvalue weighted by molar-refractivity contribution is 0.0678. The molecule has 1 aliphatic rings. The molecule has 0 bridgehead atoms. The van der Waals surface area contributed by atoms with E-state index in [0.717, 1.165) is 19.3 Å². The van der Waals surface area contributed by atoms with E-state index in [4.69, 9.17) is 4.74 Å². The number of aryl methyl sites for hydroxylation is 1. The van der Waals surface area contributed by atoms with Gasteiger partial charge in [0, 0.05) is 0 Å². The molecule has 1 aromatic rings. The summed E-state index contributed by atoms with van der Waals surface area (Å²) in [4.78, 5) is 11.8. The van der Waals surface area contributed by atoms with Crippen molar-refractivity contribution in [1.82, 2.24) is 0 Å². The molecule has 4 heteroatoms. The summed E-state index contributed by atoms with van der Waals surface area (Å²) >= 11 is 0. The van der Waals surface area contributed by atoms with Crippen LogP contribution in [0.4, 0.5) is 0 Å². The molecule has 0 aromatic heterocycles. The van der Waals surface area contributed by atoms with Crippen molar-refractivity contribution in [3.63, 3.8) is 0 Å². The summed E-state index contributed by atoms with van der Waals surface area (Å²) in [6, 6.07) is 1.55. The Labute approximate surface area is 143 Å². The van der Waals surface area contributed by atoms with E-state index in [2.05, 4.69) is 6.08 Å². The molecule has 0 aliphatic carbocycles. The number of aromatic carboxylic acids is 1. The Balaban J connectivity index is 2.44. The number of phenols is 1. The van der Waals surface area contributed by atoms with Gasteiger partial charge in [-0.05, 0) is 63.8 Å². The van der Waals surface area contributed by atoms with Crippen molar-refractivity contribution >= 4 is 12.0 Å². The van der Waals surface area contributed by atoms with Gasteiger partial charge in [-0.2, -0.15) is 0 Å². The van der Waals surface area contributed by atoms with Crippen LogP contribution in [0.2, 0.25) is 0 Å². The van der Waals surface area contributed by atoms with E-state index in [-0.39, 0.29) is 17.1 Å². The van der Waals surface area contributed by atoms with Gasteiger partial charge in [0.1, 0.15) is 22.7 Å². The monoisotopic (exact) mass is 330 g/mol. The fourth-order valence-corrected chi connectivity index (χ4v) is 2.99. The van der Waals surface area contributed by atoms with Crippen LogP contribution in [0.3, 0.4) is 0 Å². The van der Waals surface area contributed by atoms with E-state index >= 15 is 0 Å². The number of fused-ring (bicyclic) bond motifs is 1. The molecule has 4 nitrogen and oxygen atoms in total. The zero-order chi connectivity index (χ0) is 17.9. The molecule has 1 aromatic carbocycles. The number of carboxylic acids is 1. The summed E-state index contributed by atoms with van der Waals surface area (Å²) in [5.74, 6) is -0.661. The minimum absolute atomic E-state index is 0.0704. The third-order valence-electron chi connectivity index (χ3n) is 4.24. The number of phenolic OH excluding ortho intramolecular Hbond substituents is 1. The van der Waals surface area contributed by atoms with Gasteiger partial charge in [-0.3, -0.25) is 0 Å². The van der Waals surface area contributed by atoms with Crippen LogP contribution in [0.5, 0.6) is 11.5 Å². The normalized spacial score (nSPS) is 18.7. The topological polar surface area (TPSA) is 66.8 Å². The number of rotatable bonds is 6. The van der Waals surface area contributed by atoms with Crippen molar-refractivity contribution in [2.75, 3.05) is 0 Å². The van der Waals surface area contributed by atoms with Gasteiger partial charge in [0.15, 0.2) is 0 Å². The van der Waals surface area contributed by atoms with Crippen molar-refractivity contribution in [1.29, 1.82) is 0 Å². The van der Waals surface area contributed by atoms with Crippen molar-refractivity contribution in [2.45, 2.75) is 59.0 Å². The van der Waals surface area contributed by atoms with Gasteiger partial charge in [-0.15, -0.1) is 0 Å². The quantitative estimate of drug-likeness (QED) is 0.724. The summed E-state index contributed by atoms with van der Waals surface area (Å²) < 4.78 is 6.10. The van der Waals surface area contributed by atoms with Gasteiger partial charge < -0.3 is 14.9 Å². The van der Waals surface area contributed by atoms with Gasteiger partial charge in [-0.25, -0.2) is 4.79 Å². The number of hydrogen-bond donors (Lipinski definition) is 2. The fourth-order valence-electron chi connectivity index (χ4n) is 2.99. The van der Waals surface area contributed by atoms with E-state index in [1.54, 1.807) is 12.1 Å². The third-order valence-corrected chi connectivity index (χ3v) is 4.24. The average molecular weight is 330 g/mol. The molecule has 1 aliphatic heterocycles. The molecule has 0 saturated carbocycles. The van der Waals surface area contributed by atoms with Crippen LogP contribution in [0, 0.1) is 0 Å². The smallest absolute Gasteiger partial charge is 0.339 e. The molecule has 1 atom stereocenters. The van der Waals surface area contributed by atoms with Crippen molar-refractivity contribution in [3.8, 4) is 11.5 Å². The SMILES string of the molecule is CCCc1cc(O)c2c(c1C(=O)O)O[C@](C)(CCC=C(C)C)C=C2. The molecule has 1 heterocycles. The van der Waals surface area contributed by atoms with Crippen LogP contribution in [0.25, 0.3) is 6.08 Å². The zero-order valence-electron chi connectivity index (χ0n) is 14.8. The number of hydrogen-bond acceptors (Lipinski definition) is 3. The molecule has 130 valence electrons. The second kappa shape index (κ2) is 7.12. The molecule has 2 rings (SSSR count). The molecule has 0 fully saturated rings. The number of aromatic hydroxyl groups is 1. The van der Waals surface area contributed by atoms with Gasteiger partial charge >= 0.3 is 5.97 Å². The van der Waals surface area contributed by atoms with Crippen LogP contribution >= 0.6 is 0 Å². The van der Waals surface area contributed by atoms with Crippen molar-refractivity contribution < 1.29 is 19.7 Å². The van der Waals surface area contributed by atoms with Crippen LogP contribution in [-0.4, -0.2) is 21.8 Å². The lowest BCUT2D eigenvalue weighted by atomic mass is 9.91. The molecule has 24 heavy (non-hydrogen) atoms. The largest absolute Gasteiger partial charge is 0.507 e. The minimum Gasteiger partial charge on any atom is -0.507 e. The Morgan fingerprint density at radius 1 is 1.38 bits per heavy atom. The predicted octanol–water partition coefficient (Wildman–Crippen LogP) is 4.95. The van der Waals surface area contributed by atoms with Crippen LogP contribution in [0.1, 0.15) is 68.4 Å². The predicted molar refractivity (Wildman–Crippen MR) is 95.8 cm³/mol. The summed E-state index contributed by atoms with van der Waals surface area (Å²) in [6.45, 7) is 8.02. The molecule has 0 radical (unpaired) electrons. The lowest BCUT2D eigenvalue weighted by Crippen LogP contribution is -2.32. The number of allylic oxidation sites excluding steroid dienone is 2. The van der Waals surface area contributed by atoms with Gasteiger partial charge in [0.05, 0.1) is 5.56 Å². The first-order valence-electron chi connectivity index (χ1n) is 8.41. The molecule has 2 N–H and O–H groups in total. The van der Waals surface area contributed by atoms with E-state index in [0.29, 0.717) is 17.5 Å². The summed E-state index contributed by atoms with van der Waals surface area (Å²) in [5, 5.41) is 19.9. The fraction of sp³-hybridized carbons (Fsp3) is 0.450. The highest BCUT2D eigenvalue weighted by molar-refractivity contribution is 5.95. The van der Waals surface area contributed by atoms with E-state index in [9.17, 15) is 15.0 Å². The molecule has 0 spiro atoms. The Morgan fingerprint density at radius 3 is 2.67 bits per heavy atom. The van der Waals surface area contributed by atoms with Gasteiger partial charge in [0.25, 0.3) is 0 Å². The second-order valence-corrected chi connectivity index (χ2v) is 6.80. The number of carboxylic acid groups (broad SMARTS) is 1. The van der Waals surface area contributed by atoms with Crippen LogP contribution in [0.15, 0.2) is 23.8 Å². The van der Waals surface area contributed by atoms with Crippen LogP contribution < -0.4 is 4.74 Å². The highest BCUT2D eigenvalue weighted by Crippen LogP contribution is 2.42. The molecular weight excluding hydrogens is 304 g/mol. The minimum atomic E-state index is -1.02. The lowest BCUT2D eigenvalue weighted by Gasteiger charge is -2.33. The highest BCUT2D eigenvalue weighted by Gasteiger charge is 2.32. The van der Waals surface area contributed by atoms with E-state index in [1.165, 1.54) is 5.57 Å². The maximum Gasteiger partial charge on any atom is 0.339 e. The molecular formula is C20H26O4. The maximum absolute atomic E-state index is 11.8. The first-order valence-corrected chi connectivity index (χ1v) is 8.41. The summed E-state index contributed by atoms with van der Waals surface area (Å²) in [5.41, 5.74) is 1.89. The Bertz CT molecular complexity index is 696. The van der Waals surface area contributed by atoms with Gasteiger partial charge in [-0.1, -0.05) is 25.0 Å². The van der Waals surface area contributed by atoms with Crippen LogP contribution in [-0.2, 0) is 6.42 Å². The standard InChI is InChI=1S/C20H26O4/c1-5-7-14-12-16(21)15-9-11-20(4,10-6-8-13(2)3)24-18(15)17(14)19(22)23/h8-9,11-12,21H,5-7,10H2,1-4H3,(H,22,23)/t20-/m1/s1. The highest BCUT2D eigenvalue weighted by atomic mass is 16.5. The van der Waals surface area contributed by atoms with E-state index < -0.39 is 11.6 Å². The zero-order valence-corrected chi connectivity index (χ0v) is 14.8. The second-order valence-electron chi connectivity index (χ2n) is 6.80. The first kappa shape index (κ1) is 18.1.